The summed E-state index contributed by atoms with van der Waals surface area (Å²) in [6, 6.07) is 3.69. The topological polar surface area (TPSA) is 43.1 Å². The summed E-state index contributed by atoms with van der Waals surface area (Å²) >= 11 is 6.09. The normalized spacial score (nSPS) is 14.3. The fourth-order valence-electron chi connectivity index (χ4n) is 1.95. The van der Waals surface area contributed by atoms with Gasteiger partial charge in [0.2, 0.25) is 0 Å². The largest absolute Gasteiger partial charge is 0.291 e. The summed E-state index contributed by atoms with van der Waals surface area (Å²) < 4.78 is 0. The predicted molar refractivity (Wildman–Crippen MR) is 75.5 cm³/mol. The highest BCUT2D eigenvalue weighted by Crippen LogP contribution is 2.38. The van der Waals surface area contributed by atoms with E-state index in [9.17, 15) is 10.1 Å². The maximum Gasteiger partial charge on any atom is 0.291 e. The molecule has 2 atom stereocenters. The maximum atomic E-state index is 11.1. The first kappa shape index (κ1) is 15.0. The van der Waals surface area contributed by atoms with E-state index >= 15 is 0 Å². The number of nitrogens with zero attached hydrogens (tertiary/aromatic N) is 1. The lowest BCUT2D eigenvalue weighted by molar-refractivity contribution is -0.385. The summed E-state index contributed by atoms with van der Waals surface area (Å²) in [5.74, 6) is 0.512. The summed E-state index contributed by atoms with van der Waals surface area (Å²) in [7, 11) is 0. The number of rotatable bonds is 5. The van der Waals surface area contributed by atoms with Gasteiger partial charge in [-0.15, -0.1) is 0 Å². The van der Waals surface area contributed by atoms with Crippen molar-refractivity contribution in [3.63, 3.8) is 0 Å². The van der Waals surface area contributed by atoms with Gasteiger partial charge in [-0.3, -0.25) is 10.1 Å². The van der Waals surface area contributed by atoms with Gasteiger partial charge in [0.05, 0.1) is 4.92 Å². The van der Waals surface area contributed by atoms with Crippen molar-refractivity contribution in [1.29, 1.82) is 0 Å². The molecule has 1 aromatic carbocycles. The molecule has 1 aromatic rings. The van der Waals surface area contributed by atoms with Crippen LogP contribution in [0.1, 0.15) is 63.5 Å². The highest BCUT2D eigenvalue weighted by molar-refractivity contribution is 6.32. The Balaban J connectivity index is 3.41. The lowest BCUT2D eigenvalue weighted by atomic mass is 9.90. The van der Waals surface area contributed by atoms with Crippen molar-refractivity contribution in [3.8, 4) is 0 Å². The molecule has 2 unspecified atom stereocenters. The lowest BCUT2D eigenvalue weighted by Crippen LogP contribution is -2.03. The molecule has 0 N–H and O–H groups in total. The molecular formula is C14H20ClNO2. The molecule has 0 heterocycles. The summed E-state index contributed by atoms with van der Waals surface area (Å²) in [6.45, 7) is 8.23. The Morgan fingerprint density at radius 1 is 1.22 bits per heavy atom. The minimum absolute atomic E-state index is 0.0677. The molecule has 0 spiro atoms. The van der Waals surface area contributed by atoms with Crippen LogP contribution in [0.15, 0.2) is 12.1 Å². The first-order valence-electron chi connectivity index (χ1n) is 6.40. The summed E-state index contributed by atoms with van der Waals surface area (Å²) in [6.07, 6.45) is 1.86. The monoisotopic (exact) mass is 269 g/mol. The molecule has 0 aromatic heterocycles. The SMILES string of the molecule is CCC(C)c1cc(Cl)c([N+](=O)[O-])c(C(C)CC)c1. The number of halogens is 1. The van der Waals surface area contributed by atoms with Gasteiger partial charge in [-0.25, -0.2) is 0 Å². The van der Waals surface area contributed by atoms with Gasteiger partial charge < -0.3 is 0 Å². The fraction of sp³-hybridized carbons (Fsp3) is 0.571. The number of nitro benzene ring substituents is 1. The minimum atomic E-state index is -0.371. The Bertz CT molecular complexity index is 446. The van der Waals surface area contributed by atoms with Crippen LogP contribution in [0.25, 0.3) is 0 Å². The van der Waals surface area contributed by atoms with E-state index in [0.717, 1.165) is 24.0 Å². The third-order valence-electron chi connectivity index (χ3n) is 3.62. The zero-order chi connectivity index (χ0) is 13.9. The van der Waals surface area contributed by atoms with Crippen LogP contribution in [0.3, 0.4) is 0 Å². The predicted octanol–water partition coefficient (Wildman–Crippen LogP) is 5.28. The Hall–Kier alpha value is -1.09. The number of hydrogen-bond acceptors (Lipinski definition) is 2. The molecule has 1 rings (SSSR count). The first-order chi connectivity index (χ1) is 8.42. The van der Waals surface area contributed by atoms with Gasteiger partial charge in [0.1, 0.15) is 5.02 Å². The van der Waals surface area contributed by atoms with Crippen LogP contribution in [0, 0.1) is 10.1 Å². The van der Waals surface area contributed by atoms with Gasteiger partial charge >= 0.3 is 0 Å². The van der Waals surface area contributed by atoms with Gasteiger partial charge in [-0.1, -0.05) is 39.3 Å². The van der Waals surface area contributed by atoms with Gasteiger partial charge in [-0.2, -0.15) is 0 Å². The van der Waals surface area contributed by atoms with Crippen molar-refractivity contribution < 1.29 is 4.92 Å². The quantitative estimate of drug-likeness (QED) is 0.539. The van der Waals surface area contributed by atoms with E-state index < -0.39 is 0 Å². The molecule has 0 aliphatic heterocycles. The van der Waals surface area contributed by atoms with E-state index in [1.54, 1.807) is 6.07 Å². The average molecular weight is 270 g/mol. The van der Waals surface area contributed by atoms with E-state index in [1.165, 1.54) is 0 Å². The van der Waals surface area contributed by atoms with Crippen molar-refractivity contribution in [2.45, 2.75) is 52.4 Å². The molecule has 0 amide bonds. The molecule has 0 saturated heterocycles. The first-order valence-corrected chi connectivity index (χ1v) is 6.77. The third kappa shape index (κ3) is 3.02. The molecule has 4 heteroatoms. The number of benzene rings is 1. The highest BCUT2D eigenvalue weighted by atomic mass is 35.5. The molecule has 18 heavy (non-hydrogen) atoms. The fourth-order valence-corrected chi connectivity index (χ4v) is 2.25. The summed E-state index contributed by atoms with van der Waals surface area (Å²) in [4.78, 5) is 10.8. The van der Waals surface area contributed by atoms with Crippen LogP contribution >= 0.6 is 11.6 Å². The van der Waals surface area contributed by atoms with E-state index in [1.807, 2.05) is 19.9 Å². The molecule has 0 aliphatic rings. The van der Waals surface area contributed by atoms with Crippen LogP contribution in [0.5, 0.6) is 0 Å². The van der Waals surface area contributed by atoms with E-state index in [4.69, 9.17) is 11.6 Å². The molecule has 100 valence electrons. The van der Waals surface area contributed by atoms with E-state index in [2.05, 4.69) is 13.8 Å². The van der Waals surface area contributed by atoms with Crippen LogP contribution in [-0.2, 0) is 0 Å². The second-order valence-corrected chi connectivity index (χ2v) is 5.22. The van der Waals surface area contributed by atoms with Crippen molar-refractivity contribution in [2.75, 3.05) is 0 Å². The van der Waals surface area contributed by atoms with Crippen LogP contribution in [0.2, 0.25) is 5.02 Å². The van der Waals surface area contributed by atoms with Crippen LogP contribution < -0.4 is 0 Å². The number of hydrogen-bond donors (Lipinski definition) is 0. The molecule has 0 radical (unpaired) electrons. The third-order valence-corrected chi connectivity index (χ3v) is 3.91. The molecular weight excluding hydrogens is 250 g/mol. The van der Waals surface area contributed by atoms with Crippen molar-refractivity contribution in [3.05, 3.63) is 38.4 Å². The van der Waals surface area contributed by atoms with Gasteiger partial charge in [0.15, 0.2) is 0 Å². The molecule has 0 saturated carbocycles. The second kappa shape index (κ2) is 6.19. The Morgan fingerprint density at radius 2 is 1.78 bits per heavy atom. The zero-order valence-corrected chi connectivity index (χ0v) is 12.1. The Labute approximate surface area is 113 Å². The highest BCUT2D eigenvalue weighted by Gasteiger charge is 2.24. The standard InChI is InChI=1S/C14H20ClNO2/c1-5-9(3)11-7-12(10(4)6-2)14(16(17)18)13(15)8-11/h7-10H,5-6H2,1-4H3. The maximum absolute atomic E-state index is 11.1. The van der Waals surface area contributed by atoms with E-state index in [-0.39, 0.29) is 21.6 Å². The zero-order valence-electron chi connectivity index (χ0n) is 11.4. The van der Waals surface area contributed by atoms with Gasteiger partial charge in [0.25, 0.3) is 5.69 Å². The Kier molecular flexibility index (Phi) is 5.15. The second-order valence-electron chi connectivity index (χ2n) is 4.82. The minimum Gasteiger partial charge on any atom is -0.258 e. The number of nitro groups is 1. The smallest absolute Gasteiger partial charge is 0.258 e. The van der Waals surface area contributed by atoms with Crippen molar-refractivity contribution in [1.82, 2.24) is 0 Å². The molecule has 0 fully saturated rings. The Morgan fingerprint density at radius 3 is 2.22 bits per heavy atom. The summed E-state index contributed by atoms with van der Waals surface area (Å²) in [5, 5.41) is 11.4. The van der Waals surface area contributed by atoms with Gasteiger partial charge in [-0.05, 0) is 42.4 Å². The molecule has 3 nitrogen and oxygen atoms in total. The molecule has 0 bridgehead atoms. The van der Waals surface area contributed by atoms with E-state index in [0.29, 0.717) is 5.92 Å². The lowest BCUT2D eigenvalue weighted by Gasteiger charge is -2.16. The molecule has 0 aliphatic carbocycles. The van der Waals surface area contributed by atoms with Crippen molar-refractivity contribution in [2.24, 2.45) is 0 Å². The van der Waals surface area contributed by atoms with Crippen molar-refractivity contribution >= 4 is 17.3 Å². The van der Waals surface area contributed by atoms with Gasteiger partial charge in [0, 0.05) is 5.56 Å². The average Bonchev–Trinajstić information content (AvgIpc) is 2.35. The van der Waals surface area contributed by atoms with Crippen LogP contribution in [0.4, 0.5) is 5.69 Å². The summed E-state index contributed by atoms with van der Waals surface area (Å²) in [5.41, 5.74) is 1.91. The van der Waals surface area contributed by atoms with Crippen LogP contribution in [-0.4, -0.2) is 4.92 Å².